The van der Waals surface area contributed by atoms with E-state index in [-0.39, 0.29) is 11.8 Å². The zero-order valence-electron chi connectivity index (χ0n) is 7.72. The Hall–Kier alpha value is -0.960. The van der Waals surface area contributed by atoms with Crippen molar-refractivity contribution >= 4 is 17.7 Å². The average Bonchev–Trinajstić information content (AvgIpc) is 2.67. The van der Waals surface area contributed by atoms with E-state index in [0.29, 0.717) is 0 Å². The predicted molar refractivity (Wildman–Crippen MR) is 57.6 cm³/mol. The van der Waals surface area contributed by atoms with Crippen LogP contribution in [0.5, 0.6) is 0 Å². The number of aliphatic carboxylic acids is 1. The molecular weight excluding hydrogens is 196 g/mol. The summed E-state index contributed by atoms with van der Waals surface area (Å²) >= 11 is 1.73. The largest absolute Gasteiger partial charge is 0.481 e. The first kappa shape index (κ1) is 9.59. The van der Waals surface area contributed by atoms with Crippen molar-refractivity contribution in [2.45, 2.75) is 5.92 Å². The number of benzene rings is 1. The van der Waals surface area contributed by atoms with E-state index in [0.717, 1.165) is 17.1 Å². The molecule has 0 amide bonds. The summed E-state index contributed by atoms with van der Waals surface area (Å²) in [6, 6.07) is 9.94. The van der Waals surface area contributed by atoms with Gasteiger partial charge in [-0.1, -0.05) is 30.3 Å². The number of carboxylic acids is 1. The molecule has 1 aliphatic heterocycles. The third kappa shape index (κ3) is 1.77. The molecule has 2 atom stereocenters. The molecule has 74 valence electrons. The molecule has 0 spiro atoms. The van der Waals surface area contributed by atoms with Gasteiger partial charge in [-0.2, -0.15) is 11.8 Å². The number of rotatable bonds is 2. The van der Waals surface area contributed by atoms with E-state index in [2.05, 4.69) is 0 Å². The summed E-state index contributed by atoms with van der Waals surface area (Å²) in [5, 5.41) is 9.03. The van der Waals surface area contributed by atoms with Crippen LogP contribution in [0, 0.1) is 5.92 Å². The lowest BCUT2D eigenvalue weighted by Crippen LogP contribution is -2.20. The average molecular weight is 208 g/mol. The molecule has 1 heterocycles. The van der Waals surface area contributed by atoms with E-state index >= 15 is 0 Å². The van der Waals surface area contributed by atoms with Crippen LogP contribution in [0.1, 0.15) is 11.5 Å². The number of thioether (sulfide) groups is 1. The summed E-state index contributed by atoms with van der Waals surface area (Å²) in [4.78, 5) is 11.0. The van der Waals surface area contributed by atoms with Gasteiger partial charge in [-0.05, 0) is 5.56 Å². The normalized spacial score (nSPS) is 26.3. The number of hydrogen-bond donors (Lipinski definition) is 1. The van der Waals surface area contributed by atoms with Crippen molar-refractivity contribution in [3.05, 3.63) is 35.9 Å². The van der Waals surface area contributed by atoms with Gasteiger partial charge in [0.25, 0.3) is 0 Å². The molecular formula is C11H12O2S. The van der Waals surface area contributed by atoms with Gasteiger partial charge < -0.3 is 5.11 Å². The van der Waals surface area contributed by atoms with Crippen LogP contribution < -0.4 is 0 Å². The number of carbonyl (C=O) groups is 1. The second kappa shape index (κ2) is 4.05. The lowest BCUT2D eigenvalue weighted by atomic mass is 9.89. The van der Waals surface area contributed by atoms with Gasteiger partial charge in [-0.15, -0.1) is 0 Å². The standard InChI is InChI=1S/C11H12O2S/c12-11(13)10-7-14-6-9(10)8-4-2-1-3-5-8/h1-5,9-10H,6-7H2,(H,12,13)/t9-,10+/m1/s1. The number of carboxylic acid groups (broad SMARTS) is 1. The monoisotopic (exact) mass is 208 g/mol. The molecule has 0 radical (unpaired) electrons. The molecule has 1 aromatic carbocycles. The second-order valence-corrected chi connectivity index (χ2v) is 4.57. The molecule has 1 aliphatic rings. The molecule has 1 N–H and O–H groups in total. The quantitative estimate of drug-likeness (QED) is 0.809. The molecule has 3 heteroatoms. The Morgan fingerprint density at radius 3 is 2.64 bits per heavy atom. The van der Waals surface area contributed by atoms with Crippen molar-refractivity contribution in [3.63, 3.8) is 0 Å². The van der Waals surface area contributed by atoms with Crippen LogP contribution in [0.4, 0.5) is 0 Å². The van der Waals surface area contributed by atoms with Crippen LogP contribution in [0.3, 0.4) is 0 Å². The highest BCUT2D eigenvalue weighted by atomic mass is 32.2. The Morgan fingerprint density at radius 2 is 2.00 bits per heavy atom. The molecule has 0 unspecified atom stereocenters. The summed E-state index contributed by atoms with van der Waals surface area (Å²) in [7, 11) is 0. The van der Waals surface area contributed by atoms with E-state index in [9.17, 15) is 4.79 Å². The Bertz CT molecular complexity index is 323. The second-order valence-electron chi connectivity index (χ2n) is 3.50. The van der Waals surface area contributed by atoms with E-state index in [1.54, 1.807) is 11.8 Å². The Labute approximate surface area is 87.3 Å². The number of hydrogen-bond acceptors (Lipinski definition) is 2. The first-order valence-electron chi connectivity index (χ1n) is 4.64. The van der Waals surface area contributed by atoms with Crippen molar-refractivity contribution < 1.29 is 9.90 Å². The van der Waals surface area contributed by atoms with Gasteiger partial charge in [0.1, 0.15) is 0 Å². The summed E-state index contributed by atoms with van der Waals surface area (Å²) in [6.07, 6.45) is 0. The van der Waals surface area contributed by atoms with Crippen LogP contribution in [0.25, 0.3) is 0 Å². The molecule has 2 nitrogen and oxygen atoms in total. The lowest BCUT2D eigenvalue weighted by molar-refractivity contribution is -0.141. The smallest absolute Gasteiger partial charge is 0.307 e. The molecule has 0 saturated carbocycles. The van der Waals surface area contributed by atoms with Gasteiger partial charge in [0.05, 0.1) is 5.92 Å². The van der Waals surface area contributed by atoms with E-state index in [1.165, 1.54) is 0 Å². The van der Waals surface area contributed by atoms with Crippen LogP contribution >= 0.6 is 11.8 Å². The molecule has 1 aromatic rings. The van der Waals surface area contributed by atoms with Crippen molar-refractivity contribution in [2.75, 3.05) is 11.5 Å². The van der Waals surface area contributed by atoms with Gasteiger partial charge in [-0.3, -0.25) is 4.79 Å². The van der Waals surface area contributed by atoms with Gasteiger partial charge in [0.2, 0.25) is 0 Å². The molecule has 1 saturated heterocycles. The first-order valence-corrected chi connectivity index (χ1v) is 5.80. The highest BCUT2D eigenvalue weighted by Crippen LogP contribution is 2.37. The van der Waals surface area contributed by atoms with Crippen LogP contribution in [-0.4, -0.2) is 22.6 Å². The van der Waals surface area contributed by atoms with Gasteiger partial charge in [0, 0.05) is 17.4 Å². The van der Waals surface area contributed by atoms with E-state index in [1.807, 2.05) is 30.3 Å². The molecule has 0 aliphatic carbocycles. The minimum atomic E-state index is -0.663. The van der Waals surface area contributed by atoms with Crippen LogP contribution in [0.15, 0.2) is 30.3 Å². The summed E-state index contributed by atoms with van der Waals surface area (Å²) < 4.78 is 0. The van der Waals surface area contributed by atoms with Crippen molar-refractivity contribution in [1.82, 2.24) is 0 Å². The third-order valence-electron chi connectivity index (χ3n) is 2.63. The fraction of sp³-hybridized carbons (Fsp3) is 0.364. The van der Waals surface area contributed by atoms with Crippen LogP contribution in [0.2, 0.25) is 0 Å². The predicted octanol–water partition coefficient (Wildman–Crippen LogP) is 2.22. The topological polar surface area (TPSA) is 37.3 Å². The molecule has 2 rings (SSSR count). The maximum absolute atomic E-state index is 11.0. The highest BCUT2D eigenvalue weighted by molar-refractivity contribution is 7.99. The molecule has 0 bridgehead atoms. The first-order chi connectivity index (χ1) is 6.79. The minimum Gasteiger partial charge on any atom is -0.481 e. The Kier molecular flexibility index (Phi) is 2.77. The Balaban J connectivity index is 2.22. The Morgan fingerprint density at radius 1 is 1.29 bits per heavy atom. The lowest BCUT2D eigenvalue weighted by Gasteiger charge is -2.14. The molecule has 14 heavy (non-hydrogen) atoms. The van der Waals surface area contributed by atoms with E-state index < -0.39 is 5.97 Å². The zero-order valence-corrected chi connectivity index (χ0v) is 8.54. The molecule has 0 aromatic heterocycles. The zero-order chi connectivity index (χ0) is 9.97. The summed E-state index contributed by atoms with van der Waals surface area (Å²) in [5.41, 5.74) is 1.16. The van der Waals surface area contributed by atoms with E-state index in [4.69, 9.17) is 5.11 Å². The van der Waals surface area contributed by atoms with Crippen molar-refractivity contribution in [2.24, 2.45) is 5.92 Å². The van der Waals surface area contributed by atoms with Gasteiger partial charge in [0.15, 0.2) is 0 Å². The molecule has 1 fully saturated rings. The SMILES string of the molecule is O=C(O)[C@H]1CSC[C@@H]1c1ccccc1. The summed E-state index contributed by atoms with van der Waals surface area (Å²) in [6.45, 7) is 0. The minimum absolute atomic E-state index is 0.193. The van der Waals surface area contributed by atoms with Gasteiger partial charge >= 0.3 is 5.97 Å². The fourth-order valence-electron chi connectivity index (χ4n) is 1.83. The fourth-order valence-corrected chi connectivity index (χ4v) is 3.27. The van der Waals surface area contributed by atoms with Crippen molar-refractivity contribution in [1.29, 1.82) is 0 Å². The maximum Gasteiger partial charge on any atom is 0.307 e. The maximum atomic E-state index is 11.0. The highest BCUT2D eigenvalue weighted by Gasteiger charge is 2.34. The van der Waals surface area contributed by atoms with Crippen LogP contribution in [-0.2, 0) is 4.79 Å². The third-order valence-corrected chi connectivity index (χ3v) is 3.82. The summed E-state index contributed by atoms with van der Waals surface area (Å²) in [5.74, 6) is 1.00. The van der Waals surface area contributed by atoms with Crippen molar-refractivity contribution in [3.8, 4) is 0 Å². The van der Waals surface area contributed by atoms with Gasteiger partial charge in [-0.25, -0.2) is 0 Å².